The van der Waals surface area contributed by atoms with E-state index < -0.39 is 0 Å². The summed E-state index contributed by atoms with van der Waals surface area (Å²) in [6, 6.07) is 8.76. The topological polar surface area (TPSA) is 42.7 Å². The van der Waals surface area contributed by atoms with Gasteiger partial charge in [-0.1, -0.05) is 52.0 Å². The second-order valence-electron chi connectivity index (χ2n) is 6.80. The zero-order chi connectivity index (χ0) is 15.0. The van der Waals surface area contributed by atoms with Crippen molar-refractivity contribution in [2.24, 2.45) is 5.41 Å². The average Bonchev–Trinajstić information content (AvgIpc) is 2.89. The Morgan fingerprint density at radius 1 is 1.24 bits per heavy atom. The highest BCUT2D eigenvalue weighted by molar-refractivity contribution is 5.60. The zero-order valence-corrected chi connectivity index (χ0v) is 13.3. The minimum Gasteiger partial charge on any atom is -0.308 e. The van der Waals surface area contributed by atoms with Crippen molar-refractivity contribution in [3.63, 3.8) is 0 Å². The molecule has 4 heteroatoms. The molecule has 1 atom stereocenters. The van der Waals surface area contributed by atoms with E-state index in [1.807, 2.05) is 0 Å². The lowest BCUT2D eigenvalue weighted by atomic mass is 9.85. The van der Waals surface area contributed by atoms with E-state index in [0.29, 0.717) is 0 Å². The number of nitrogens with zero attached hydrogens (tertiary/aromatic N) is 3. The highest BCUT2D eigenvalue weighted by Gasteiger charge is 2.34. The molecule has 0 fully saturated rings. The molecule has 1 aliphatic rings. The van der Waals surface area contributed by atoms with Gasteiger partial charge < -0.3 is 9.88 Å². The van der Waals surface area contributed by atoms with Crippen molar-refractivity contribution in [1.82, 2.24) is 20.1 Å². The Balaban J connectivity index is 2.10. The standard InChI is InChI=1S/C17H24N4/c1-5-12-8-6-7-9-13(12)15-19-20-16-14(17(2,3)4)18-10-11-21(15)16/h6-9,14,18H,5,10-11H2,1-4H3. The van der Waals surface area contributed by atoms with E-state index in [2.05, 4.69) is 72.0 Å². The maximum atomic E-state index is 4.51. The Hall–Kier alpha value is -1.68. The summed E-state index contributed by atoms with van der Waals surface area (Å²) >= 11 is 0. The molecular formula is C17H24N4. The van der Waals surface area contributed by atoms with E-state index in [1.165, 1.54) is 11.1 Å². The number of aryl methyl sites for hydroxylation is 1. The predicted octanol–water partition coefficient (Wildman–Crippen LogP) is 3.20. The number of hydrogen-bond acceptors (Lipinski definition) is 3. The van der Waals surface area contributed by atoms with Crippen LogP contribution in [0.25, 0.3) is 11.4 Å². The lowest BCUT2D eigenvalue weighted by Crippen LogP contribution is -2.40. The highest BCUT2D eigenvalue weighted by atomic mass is 15.3. The Kier molecular flexibility index (Phi) is 3.57. The first kappa shape index (κ1) is 14.3. The normalized spacial score (nSPS) is 18.6. The molecule has 112 valence electrons. The van der Waals surface area contributed by atoms with E-state index in [-0.39, 0.29) is 11.5 Å². The monoisotopic (exact) mass is 284 g/mol. The molecule has 4 nitrogen and oxygen atoms in total. The number of fused-ring (bicyclic) bond motifs is 1. The Morgan fingerprint density at radius 3 is 2.71 bits per heavy atom. The molecule has 21 heavy (non-hydrogen) atoms. The van der Waals surface area contributed by atoms with Gasteiger partial charge in [-0.25, -0.2) is 0 Å². The van der Waals surface area contributed by atoms with Crippen LogP contribution in [-0.2, 0) is 13.0 Å². The first-order chi connectivity index (χ1) is 10.0. The summed E-state index contributed by atoms with van der Waals surface area (Å²) in [6.45, 7) is 10.8. The molecule has 0 spiro atoms. The second-order valence-corrected chi connectivity index (χ2v) is 6.80. The van der Waals surface area contributed by atoms with Crippen LogP contribution >= 0.6 is 0 Å². The van der Waals surface area contributed by atoms with Crippen molar-refractivity contribution in [3.8, 4) is 11.4 Å². The Bertz CT molecular complexity index is 636. The van der Waals surface area contributed by atoms with Crippen LogP contribution in [0.5, 0.6) is 0 Å². The van der Waals surface area contributed by atoms with Crippen molar-refractivity contribution in [1.29, 1.82) is 0 Å². The summed E-state index contributed by atoms with van der Waals surface area (Å²) in [5.41, 5.74) is 2.68. The second kappa shape index (κ2) is 5.26. The van der Waals surface area contributed by atoms with Gasteiger partial charge in [0.1, 0.15) is 0 Å². The molecular weight excluding hydrogens is 260 g/mol. The van der Waals surface area contributed by atoms with Gasteiger partial charge in [0.25, 0.3) is 0 Å². The summed E-state index contributed by atoms with van der Waals surface area (Å²) < 4.78 is 2.29. The fourth-order valence-corrected chi connectivity index (χ4v) is 3.10. The van der Waals surface area contributed by atoms with Crippen LogP contribution in [0, 0.1) is 5.41 Å². The first-order valence-electron chi connectivity index (χ1n) is 7.77. The maximum Gasteiger partial charge on any atom is 0.164 e. The highest BCUT2D eigenvalue weighted by Crippen LogP contribution is 2.35. The molecule has 1 aliphatic heterocycles. The van der Waals surface area contributed by atoms with Gasteiger partial charge in [-0.3, -0.25) is 0 Å². The molecule has 2 heterocycles. The number of aromatic nitrogens is 3. The number of nitrogens with one attached hydrogen (secondary N) is 1. The molecule has 0 amide bonds. The van der Waals surface area contributed by atoms with E-state index in [4.69, 9.17) is 0 Å². The van der Waals surface area contributed by atoms with E-state index >= 15 is 0 Å². The van der Waals surface area contributed by atoms with Crippen molar-refractivity contribution in [2.45, 2.75) is 46.7 Å². The third-order valence-electron chi connectivity index (χ3n) is 4.23. The van der Waals surface area contributed by atoms with E-state index in [0.717, 1.165) is 31.2 Å². The van der Waals surface area contributed by atoms with Crippen molar-refractivity contribution in [3.05, 3.63) is 35.7 Å². The zero-order valence-electron chi connectivity index (χ0n) is 13.3. The molecule has 0 bridgehead atoms. The van der Waals surface area contributed by atoms with Crippen LogP contribution in [0.4, 0.5) is 0 Å². The van der Waals surface area contributed by atoms with Gasteiger partial charge in [-0.05, 0) is 17.4 Å². The van der Waals surface area contributed by atoms with Gasteiger partial charge in [0, 0.05) is 18.7 Å². The molecule has 1 aromatic carbocycles. The van der Waals surface area contributed by atoms with Crippen molar-refractivity contribution in [2.75, 3.05) is 6.54 Å². The van der Waals surface area contributed by atoms with Crippen LogP contribution in [0.2, 0.25) is 0 Å². The lowest BCUT2D eigenvalue weighted by molar-refractivity contribution is 0.234. The first-order valence-corrected chi connectivity index (χ1v) is 7.77. The fraction of sp³-hybridized carbons (Fsp3) is 0.529. The molecule has 0 saturated carbocycles. The predicted molar refractivity (Wildman–Crippen MR) is 85.0 cm³/mol. The fourth-order valence-electron chi connectivity index (χ4n) is 3.10. The van der Waals surface area contributed by atoms with E-state index in [1.54, 1.807) is 0 Å². The van der Waals surface area contributed by atoms with Crippen LogP contribution in [0.1, 0.15) is 45.1 Å². The number of hydrogen-bond donors (Lipinski definition) is 1. The van der Waals surface area contributed by atoms with Crippen LogP contribution in [0.3, 0.4) is 0 Å². The molecule has 0 saturated heterocycles. The quantitative estimate of drug-likeness (QED) is 0.921. The summed E-state index contributed by atoms with van der Waals surface area (Å²) in [7, 11) is 0. The molecule has 1 unspecified atom stereocenters. The molecule has 1 aromatic heterocycles. The molecule has 3 rings (SSSR count). The van der Waals surface area contributed by atoms with Crippen molar-refractivity contribution >= 4 is 0 Å². The minimum absolute atomic E-state index is 0.132. The SMILES string of the molecule is CCc1ccccc1-c1nnc2n1CCNC2C(C)(C)C. The number of rotatable bonds is 2. The number of benzene rings is 1. The van der Waals surface area contributed by atoms with Gasteiger partial charge >= 0.3 is 0 Å². The van der Waals surface area contributed by atoms with Gasteiger partial charge in [-0.2, -0.15) is 0 Å². The molecule has 0 aliphatic carbocycles. The summed E-state index contributed by atoms with van der Waals surface area (Å²) in [5, 5.41) is 12.6. The Morgan fingerprint density at radius 2 is 2.00 bits per heavy atom. The van der Waals surface area contributed by atoms with Crippen LogP contribution in [-0.4, -0.2) is 21.3 Å². The third kappa shape index (κ3) is 2.48. The molecule has 2 aromatic rings. The molecule has 1 N–H and O–H groups in total. The van der Waals surface area contributed by atoms with Gasteiger partial charge in [0.05, 0.1) is 6.04 Å². The van der Waals surface area contributed by atoms with Gasteiger partial charge in [-0.15, -0.1) is 10.2 Å². The summed E-state index contributed by atoms with van der Waals surface area (Å²) in [4.78, 5) is 0. The van der Waals surface area contributed by atoms with Gasteiger partial charge in [0.2, 0.25) is 0 Å². The van der Waals surface area contributed by atoms with E-state index in [9.17, 15) is 0 Å². The largest absolute Gasteiger partial charge is 0.308 e. The third-order valence-corrected chi connectivity index (χ3v) is 4.23. The average molecular weight is 284 g/mol. The molecule has 0 radical (unpaired) electrons. The lowest BCUT2D eigenvalue weighted by Gasteiger charge is -2.34. The smallest absolute Gasteiger partial charge is 0.164 e. The summed E-state index contributed by atoms with van der Waals surface area (Å²) in [6.07, 6.45) is 1.01. The van der Waals surface area contributed by atoms with Gasteiger partial charge in [0.15, 0.2) is 11.6 Å². The van der Waals surface area contributed by atoms with Crippen molar-refractivity contribution < 1.29 is 0 Å². The van der Waals surface area contributed by atoms with Crippen LogP contribution < -0.4 is 5.32 Å². The maximum absolute atomic E-state index is 4.51. The Labute approximate surface area is 126 Å². The minimum atomic E-state index is 0.132. The summed E-state index contributed by atoms with van der Waals surface area (Å²) in [5.74, 6) is 2.08. The van der Waals surface area contributed by atoms with Crippen LogP contribution in [0.15, 0.2) is 24.3 Å².